The molecule has 0 heterocycles. The van der Waals surface area contributed by atoms with Gasteiger partial charge in [0.2, 0.25) is 0 Å². The molecule has 2 N–H and O–H groups in total. The van der Waals surface area contributed by atoms with Gasteiger partial charge in [0.05, 0.1) is 0 Å². The summed E-state index contributed by atoms with van der Waals surface area (Å²) in [5, 5.41) is 7.74. The third kappa shape index (κ3) is 5.45. The van der Waals surface area contributed by atoms with E-state index in [0.29, 0.717) is 17.3 Å². The highest BCUT2D eigenvalue weighted by Crippen LogP contribution is 2.44. The maximum atomic E-state index is 12.2. The van der Waals surface area contributed by atoms with E-state index in [1.807, 2.05) is 6.92 Å². The molecule has 0 aliphatic heterocycles. The van der Waals surface area contributed by atoms with Crippen LogP contribution < -0.4 is 10.6 Å². The van der Waals surface area contributed by atoms with Crippen LogP contribution in [0.25, 0.3) is 0 Å². The number of nitrogens with one attached hydrogen (secondary N) is 2. The summed E-state index contributed by atoms with van der Waals surface area (Å²) in [4.78, 5) is 4.69. The topological polar surface area (TPSA) is 53.5 Å². The minimum atomic E-state index is -0.661. The summed E-state index contributed by atoms with van der Waals surface area (Å²) in [5.41, 5.74) is 0. The van der Waals surface area contributed by atoms with E-state index in [4.69, 9.17) is 0 Å². The second kappa shape index (κ2) is 9.38. The summed E-state index contributed by atoms with van der Waals surface area (Å²) in [5.74, 6) is 3.60. The number of guanidine groups is 1. The Labute approximate surface area is 156 Å². The van der Waals surface area contributed by atoms with Crippen molar-refractivity contribution in [3.05, 3.63) is 0 Å². The SMILES string of the molecule is CCN=C(NC1CCCC(S(=O)CC)C1)NC1CC1C1CCCCC1. The molecule has 3 rings (SSSR count). The van der Waals surface area contributed by atoms with Crippen LogP contribution in [0.5, 0.6) is 0 Å². The molecule has 0 aromatic heterocycles. The lowest BCUT2D eigenvalue weighted by Crippen LogP contribution is -2.47. The van der Waals surface area contributed by atoms with Crippen molar-refractivity contribution in [1.29, 1.82) is 0 Å². The predicted molar refractivity (Wildman–Crippen MR) is 107 cm³/mol. The number of hydrogen-bond acceptors (Lipinski definition) is 2. The molecule has 0 bridgehead atoms. The maximum Gasteiger partial charge on any atom is 0.191 e. The van der Waals surface area contributed by atoms with Crippen molar-refractivity contribution in [3.63, 3.8) is 0 Å². The first-order chi connectivity index (χ1) is 12.2. The summed E-state index contributed by atoms with van der Waals surface area (Å²) in [7, 11) is -0.661. The van der Waals surface area contributed by atoms with Crippen molar-refractivity contribution in [2.75, 3.05) is 12.3 Å². The average Bonchev–Trinajstić information content (AvgIpc) is 3.41. The van der Waals surface area contributed by atoms with Crippen molar-refractivity contribution in [2.45, 2.75) is 95.4 Å². The highest BCUT2D eigenvalue weighted by molar-refractivity contribution is 7.85. The first-order valence-corrected chi connectivity index (χ1v) is 12.0. The number of rotatable bonds is 6. The number of nitrogens with zero attached hydrogens (tertiary/aromatic N) is 1. The normalized spacial score (nSPS) is 35.2. The van der Waals surface area contributed by atoms with Crippen molar-refractivity contribution in [2.24, 2.45) is 16.8 Å². The molecule has 5 atom stereocenters. The fourth-order valence-corrected chi connectivity index (χ4v) is 6.22. The molecular weight excluding hydrogens is 330 g/mol. The molecule has 144 valence electrons. The van der Waals surface area contributed by atoms with E-state index in [2.05, 4.69) is 22.5 Å². The van der Waals surface area contributed by atoms with E-state index in [9.17, 15) is 4.21 Å². The van der Waals surface area contributed by atoms with Gasteiger partial charge in [0.25, 0.3) is 0 Å². The third-order valence-electron chi connectivity index (χ3n) is 6.36. The van der Waals surface area contributed by atoms with Crippen molar-refractivity contribution in [3.8, 4) is 0 Å². The number of aliphatic imine (C=N–C) groups is 1. The molecule has 25 heavy (non-hydrogen) atoms. The van der Waals surface area contributed by atoms with Gasteiger partial charge in [-0.25, -0.2) is 0 Å². The molecule has 0 amide bonds. The molecule has 3 fully saturated rings. The Bertz CT molecular complexity index is 476. The van der Waals surface area contributed by atoms with Crippen LogP contribution in [-0.2, 0) is 10.8 Å². The lowest BCUT2D eigenvalue weighted by molar-refractivity contribution is 0.315. The highest BCUT2D eigenvalue weighted by atomic mass is 32.2. The molecule has 4 nitrogen and oxygen atoms in total. The molecule has 3 saturated carbocycles. The molecule has 3 aliphatic carbocycles. The average molecular weight is 368 g/mol. The quantitative estimate of drug-likeness (QED) is 0.557. The third-order valence-corrected chi connectivity index (χ3v) is 8.10. The van der Waals surface area contributed by atoms with Gasteiger partial charge in [0, 0.05) is 40.4 Å². The van der Waals surface area contributed by atoms with Gasteiger partial charge in [-0.3, -0.25) is 9.20 Å². The van der Waals surface area contributed by atoms with Gasteiger partial charge in [-0.15, -0.1) is 0 Å². The van der Waals surface area contributed by atoms with Crippen molar-refractivity contribution >= 4 is 16.8 Å². The van der Waals surface area contributed by atoms with Gasteiger partial charge >= 0.3 is 0 Å². The Kier molecular flexibility index (Phi) is 7.20. The molecule has 0 saturated heterocycles. The summed E-state index contributed by atoms with van der Waals surface area (Å²) in [6.45, 7) is 4.95. The van der Waals surface area contributed by atoms with Gasteiger partial charge in [0.15, 0.2) is 5.96 Å². The van der Waals surface area contributed by atoms with Crippen molar-refractivity contribution < 1.29 is 4.21 Å². The summed E-state index contributed by atoms with van der Waals surface area (Å²) in [6, 6.07) is 1.06. The Hall–Kier alpha value is -0.580. The van der Waals surface area contributed by atoms with E-state index >= 15 is 0 Å². The smallest absolute Gasteiger partial charge is 0.191 e. The maximum absolute atomic E-state index is 12.2. The van der Waals surface area contributed by atoms with Crippen LogP contribution in [0.15, 0.2) is 4.99 Å². The zero-order valence-electron chi connectivity index (χ0n) is 16.1. The molecule has 5 heteroatoms. The van der Waals surface area contributed by atoms with Crippen LogP contribution in [0.4, 0.5) is 0 Å². The van der Waals surface area contributed by atoms with Crippen LogP contribution >= 0.6 is 0 Å². The Morgan fingerprint density at radius 3 is 2.52 bits per heavy atom. The Balaban J connectivity index is 1.48. The minimum Gasteiger partial charge on any atom is -0.354 e. The van der Waals surface area contributed by atoms with E-state index < -0.39 is 10.8 Å². The lowest BCUT2D eigenvalue weighted by Gasteiger charge is -2.30. The van der Waals surface area contributed by atoms with Gasteiger partial charge in [0.1, 0.15) is 0 Å². The minimum absolute atomic E-state index is 0.370. The number of hydrogen-bond donors (Lipinski definition) is 2. The summed E-state index contributed by atoms with van der Waals surface area (Å²) in [6.07, 6.45) is 13.0. The Morgan fingerprint density at radius 1 is 1.00 bits per heavy atom. The van der Waals surface area contributed by atoms with Gasteiger partial charge in [-0.05, 0) is 44.4 Å². The molecule has 0 aromatic carbocycles. The van der Waals surface area contributed by atoms with Gasteiger partial charge in [-0.1, -0.05) is 45.4 Å². The second-order valence-corrected chi connectivity index (χ2v) is 10.2. The molecule has 0 spiro atoms. The van der Waals surface area contributed by atoms with E-state index in [1.165, 1.54) is 51.4 Å². The first kappa shape index (κ1) is 19.2. The summed E-state index contributed by atoms with van der Waals surface area (Å²) >= 11 is 0. The Morgan fingerprint density at radius 2 is 1.80 bits per heavy atom. The van der Waals surface area contributed by atoms with Crippen LogP contribution in [-0.4, -0.2) is 39.8 Å². The summed E-state index contributed by atoms with van der Waals surface area (Å²) < 4.78 is 12.2. The largest absolute Gasteiger partial charge is 0.354 e. The fourth-order valence-electron chi connectivity index (χ4n) is 4.87. The standard InChI is InChI=1S/C20H37N3OS/c1-3-21-20(22-16-11-8-12-17(13-16)25(24)4-2)23-19-14-18(19)15-9-6-5-7-10-15/h15-19H,3-14H2,1-2H3,(H2,21,22,23). The molecule has 3 aliphatic rings. The molecule has 5 unspecified atom stereocenters. The molecular formula is C20H37N3OS. The van der Waals surface area contributed by atoms with Crippen LogP contribution in [0.3, 0.4) is 0 Å². The van der Waals surface area contributed by atoms with Crippen LogP contribution in [0.1, 0.15) is 78.1 Å². The van der Waals surface area contributed by atoms with Gasteiger partial charge in [-0.2, -0.15) is 0 Å². The predicted octanol–water partition coefficient (Wildman–Crippen LogP) is 3.59. The zero-order chi connectivity index (χ0) is 17.6. The molecule has 0 aromatic rings. The van der Waals surface area contributed by atoms with E-state index in [-0.39, 0.29) is 0 Å². The van der Waals surface area contributed by atoms with E-state index in [0.717, 1.165) is 42.9 Å². The van der Waals surface area contributed by atoms with Crippen molar-refractivity contribution in [1.82, 2.24) is 10.6 Å². The van der Waals surface area contributed by atoms with E-state index in [1.54, 1.807) is 0 Å². The second-order valence-electron chi connectivity index (χ2n) is 8.17. The van der Waals surface area contributed by atoms with Crippen LogP contribution in [0, 0.1) is 11.8 Å². The van der Waals surface area contributed by atoms with Gasteiger partial charge < -0.3 is 10.6 Å². The zero-order valence-corrected chi connectivity index (χ0v) is 17.0. The fraction of sp³-hybridized carbons (Fsp3) is 0.950. The highest BCUT2D eigenvalue weighted by Gasteiger charge is 2.43. The lowest BCUT2D eigenvalue weighted by atomic mass is 9.85. The molecule has 0 radical (unpaired) electrons. The van der Waals surface area contributed by atoms with Crippen LogP contribution in [0.2, 0.25) is 0 Å². The monoisotopic (exact) mass is 367 g/mol. The first-order valence-electron chi connectivity index (χ1n) is 10.7.